The minimum Gasteiger partial charge on any atom is -0.463 e. The van der Waals surface area contributed by atoms with Gasteiger partial charge in [0.2, 0.25) is 17.7 Å². The number of amides is 3. The van der Waals surface area contributed by atoms with Crippen molar-refractivity contribution in [3.63, 3.8) is 0 Å². The number of hydrogen-bond acceptors (Lipinski definition) is 7. The molecule has 44 heavy (non-hydrogen) atoms. The van der Waals surface area contributed by atoms with Crippen LogP contribution in [-0.2, 0) is 28.7 Å². The van der Waals surface area contributed by atoms with Crippen LogP contribution in [-0.4, -0.2) is 88.7 Å². The molecular formula is C34H45N3O7. The predicted octanol–water partition coefficient (Wildman–Crippen LogP) is 3.07. The standard InChI is InChI=1S/C34H45N3O7/c1-3-5-16-27(39)43-22-25(23-12-8-6-9-13-23)35-31(40)28-26-17-18-34(44-26)29(28)32(41)37(20-21-38)30(34)33(42)36(19-4-2)24-14-10-7-11-15-24/h3-4,6,8-9,12-13,24-26,28-30,38H,1-2,5,7,10-11,14-22H2,(H,35,40)/t25-,26-,28+,29+,30-,34+/m0/s1. The van der Waals surface area contributed by atoms with Gasteiger partial charge in [-0.25, -0.2) is 0 Å². The molecule has 238 valence electrons. The van der Waals surface area contributed by atoms with E-state index >= 15 is 0 Å². The number of carbonyl (C=O) groups is 4. The first-order chi connectivity index (χ1) is 21.4. The summed E-state index contributed by atoms with van der Waals surface area (Å²) in [7, 11) is 0. The Morgan fingerprint density at radius 2 is 1.89 bits per heavy atom. The van der Waals surface area contributed by atoms with Gasteiger partial charge in [0.05, 0.1) is 30.6 Å². The topological polar surface area (TPSA) is 125 Å². The zero-order valence-corrected chi connectivity index (χ0v) is 25.4. The maximum atomic E-state index is 14.4. The highest BCUT2D eigenvalue weighted by Gasteiger charge is 2.74. The fourth-order valence-corrected chi connectivity index (χ4v) is 7.83. The van der Waals surface area contributed by atoms with Gasteiger partial charge in [-0.3, -0.25) is 19.2 Å². The number of fused-ring (bicyclic) bond motifs is 1. The Labute approximate surface area is 259 Å². The number of esters is 1. The third kappa shape index (κ3) is 6.06. The first-order valence-electron chi connectivity index (χ1n) is 16.0. The summed E-state index contributed by atoms with van der Waals surface area (Å²) in [6.07, 6.45) is 9.53. The monoisotopic (exact) mass is 607 g/mol. The van der Waals surface area contributed by atoms with Crippen molar-refractivity contribution in [3.05, 3.63) is 61.2 Å². The average molecular weight is 608 g/mol. The van der Waals surface area contributed by atoms with Gasteiger partial charge in [0, 0.05) is 25.6 Å². The zero-order chi connectivity index (χ0) is 31.3. The number of nitrogens with one attached hydrogen (secondary N) is 1. The van der Waals surface area contributed by atoms with E-state index in [4.69, 9.17) is 9.47 Å². The number of likely N-dealkylation sites (tertiary alicyclic amines) is 1. The third-order valence-electron chi connectivity index (χ3n) is 9.78. The Balaban J connectivity index is 1.40. The lowest BCUT2D eigenvalue weighted by molar-refractivity contribution is -0.150. The summed E-state index contributed by atoms with van der Waals surface area (Å²) in [5, 5.41) is 13.0. The summed E-state index contributed by atoms with van der Waals surface area (Å²) in [5.41, 5.74) is -0.389. The van der Waals surface area contributed by atoms with Crippen LogP contribution < -0.4 is 5.32 Å². The highest BCUT2D eigenvalue weighted by Crippen LogP contribution is 2.58. The Hall–Kier alpha value is -3.50. The Morgan fingerprint density at radius 1 is 1.14 bits per heavy atom. The number of ether oxygens (including phenoxy) is 2. The van der Waals surface area contributed by atoms with E-state index in [1.165, 1.54) is 4.90 Å². The number of nitrogens with zero attached hydrogens (tertiary/aromatic N) is 2. The third-order valence-corrected chi connectivity index (χ3v) is 9.78. The number of benzene rings is 1. The molecule has 1 aromatic rings. The van der Waals surface area contributed by atoms with Crippen LogP contribution in [0.3, 0.4) is 0 Å². The molecule has 10 nitrogen and oxygen atoms in total. The van der Waals surface area contributed by atoms with E-state index in [2.05, 4.69) is 18.5 Å². The molecule has 1 saturated carbocycles. The molecule has 4 aliphatic rings. The lowest BCUT2D eigenvalue weighted by Gasteiger charge is -2.40. The van der Waals surface area contributed by atoms with Crippen molar-refractivity contribution >= 4 is 23.7 Å². The van der Waals surface area contributed by atoms with Gasteiger partial charge in [-0.15, -0.1) is 13.2 Å². The highest BCUT2D eigenvalue weighted by molar-refractivity contribution is 5.99. The first kappa shape index (κ1) is 31.9. The molecule has 2 bridgehead atoms. The molecule has 0 aromatic heterocycles. The summed E-state index contributed by atoms with van der Waals surface area (Å²) in [6, 6.07) is 7.73. The molecule has 3 heterocycles. The minimum absolute atomic E-state index is 0.0181. The molecular weight excluding hydrogens is 562 g/mol. The summed E-state index contributed by atoms with van der Waals surface area (Å²) >= 11 is 0. The fourth-order valence-electron chi connectivity index (χ4n) is 7.83. The second kappa shape index (κ2) is 14.1. The van der Waals surface area contributed by atoms with Gasteiger partial charge in [-0.1, -0.05) is 61.7 Å². The van der Waals surface area contributed by atoms with E-state index < -0.39 is 41.6 Å². The number of aliphatic hydroxyl groups is 1. The van der Waals surface area contributed by atoms with Crippen molar-refractivity contribution in [2.75, 3.05) is 26.3 Å². The number of rotatable bonds is 14. The molecule has 0 radical (unpaired) electrons. The normalized spacial score (nSPS) is 28.3. The molecule has 3 aliphatic heterocycles. The summed E-state index contributed by atoms with van der Waals surface area (Å²) < 4.78 is 12.1. The van der Waals surface area contributed by atoms with Gasteiger partial charge in [-0.2, -0.15) is 0 Å². The van der Waals surface area contributed by atoms with Crippen LogP contribution in [0, 0.1) is 11.8 Å². The zero-order valence-electron chi connectivity index (χ0n) is 25.4. The van der Waals surface area contributed by atoms with Crippen LogP contribution in [0.4, 0.5) is 0 Å². The van der Waals surface area contributed by atoms with Gasteiger partial charge in [0.1, 0.15) is 18.2 Å². The highest BCUT2D eigenvalue weighted by atomic mass is 16.5. The van der Waals surface area contributed by atoms with E-state index in [9.17, 15) is 24.3 Å². The van der Waals surface area contributed by atoms with Crippen LogP contribution in [0.15, 0.2) is 55.6 Å². The fraction of sp³-hybridized carbons (Fsp3) is 0.588. The van der Waals surface area contributed by atoms with Gasteiger partial charge >= 0.3 is 5.97 Å². The molecule has 4 fully saturated rings. The Bertz CT molecular complexity index is 1230. The molecule has 3 amide bonds. The SMILES string of the molecule is C=CCCC(=O)OC[C@H](NC(=O)[C@@H]1[C@@H]2CC[C@]3(O2)[C@H](C(=O)N(CC=C)C2CCCCC2)N(CCO)C(=O)[C@@H]13)c1ccccc1. The van der Waals surface area contributed by atoms with Crippen molar-refractivity contribution < 1.29 is 33.8 Å². The van der Waals surface area contributed by atoms with E-state index in [0.29, 0.717) is 25.8 Å². The van der Waals surface area contributed by atoms with Crippen molar-refractivity contribution in [2.24, 2.45) is 11.8 Å². The molecule has 3 saturated heterocycles. The number of aliphatic hydroxyl groups excluding tert-OH is 1. The van der Waals surface area contributed by atoms with E-state index in [1.54, 1.807) is 12.2 Å². The summed E-state index contributed by atoms with van der Waals surface area (Å²) in [4.78, 5) is 58.2. The Morgan fingerprint density at radius 3 is 2.57 bits per heavy atom. The lowest BCUT2D eigenvalue weighted by Crippen LogP contribution is -2.58. The summed E-state index contributed by atoms with van der Waals surface area (Å²) in [5.74, 6) is -2.98. The molecule has 1 aromatic carbocycles. The van der Waals surface area contributed by atoms with Crippen molar-refractivity contribution in [3.8, 4) is 0 Å². The number of hydrogen-bond donors (Lipinski definition) is 2. The maximum Gasteiger partial charge on any atom is 0.306 e. The average Bonchev–Trinajstić information content (AvgIpc) is 3.69. The number of allylic oxidation sites excluding steroid dienone is 1. The summed E-state index contributed by atoms with van der Waals surface area (Å²) in [6.45, 7) is 7.48. The quantitative estimate of drug-likeness (QED) is 0.246. The molecule has 2 N–H and O–H groups in total. The molecule has 1 aliphatic carbocycles. The van der Waals surface area contributed by atoms with Crippen molar-refractivity contribution in [1.29, 1.82) is 0 Å². The van der Waals surface area contributed by atoms with Crippen LogP contribution in [0.25, 0.3) is 0 Å². The van der Waals surface area contributed by atoms with Crippen LogP contribution in [0.2, 0.25) is 0 Å². The van der Waals surface area contributed by atoms with Crippen LogP contribution >= 0.6 is 0 Å². The van der Waals surface area contributed by atoms with Crippen LogP contribution in [0.1, 0.15) is 69.4 Å². The van der Waals surface area contributed by atoms with Gasteiger partial charge < -0.3 is 29.7 Å². The minimum atomic E-state index is -1.15. The second-order valence-electron chi connectivity index (χ2n) is 12.4. The number of β-amino-alcohol motifs (C(OH)–C–C–N with tert-alkyl or cyclic N) is 1. The predicted molar refractivity (Wildman–Crippen MR) is 163 cm³/mol. The molecule has 0 unspecified atom stereocenters. The second-order valence-corrected chi connectivity index (χ2v) is 12.4. The maximum absolute atomic E-state index is 14.4. The van der Waals surface area contributed by atoms with Gasteiger partial charge in [0.15, 0.2) is 0 Å². The molecule has 1 spiro atoms. The lowest BCUT2D eigenvalue weighted by atomic mass is 9.70. The number of carbonyl (C=O) groups excluding carboxylic acids is 4. The van der Waals surface area contributed by atoms with Crippen molar-refractivity contribution in [2.45, 2.75) is 87.6 Å². The largest absolute Gasteiger partial charge is 0.463 e. The van der Waals surface area contributed by atoms with Crippen LogP contribution in [0.5, 0.6) is 0 Å². The molecule has 5 rings (SSSR count). The Kier molecular flexibility index (Phi) is 10.2. The van der Waals surface area contributed by atoms with E-state index in [-0.39, 0.29) is 49.9 Å². The van der Waals surface area contributed by atoms with Gasteiger partial charge in [-0.05, 0) is 37.7 Å². The molecule has 10 heteroatoms. The van der Waals surface area contributed by atoms with Crippen molar-refractivity contribution in [1.82, 2.24) is 15.1 Å². The smallest absolute Gasteiger partial charge is 0.306 e. The first-order valence-corrected chi connectivity index (χ1v) is 16.0. The molecule has 6 atom stereocenters. The van der Waals surface area contributed by atoms with Gasteiger partial charge in [0.25, 0.3) is 0 Å². The van der Waals surface area contributed by atoms with E-state index in [0.717, 1.165) is 37.7 Å². The van der Waals surface area contributed by atoms with E-state index in [1.807, 2.05) is 35.2 Å².